The maximum atomic E-state index is 12.7. The topological polar surface area (TPSA) is 106 Å². The number of aromatic nitrogens is 1. The molecular formula is C23H25N3O5S. The van der Waals surface area contributed by atoms with Gasteiger partial charge in [0, 0.05) is 30.9 Å². The second-order valence-corrected chi connectivity index (χ2v) is 9.84. The smallest absolute Gasteiger partial charge is 0.339 e. The average Bonchev–Trinajstić information content (AvgIpc) is 2.72. The van der Waals surface area contributed by atoms with Crippen molar-refractivity contribution in [2.24, 2.45) is 0 Å². The number of amides is 1. The van der Waals surface area contributed by atoms with Gasteiger partial charge in [-0.1, -0.05) is 17.7 Å². The predicted molar refractivity (Wildman–Crippen MR) is 122 cm³/mol. The van der Waals surface area contributed by atoms with Crippen molar-refractivity contribution in [2.75, 3.05) is 26.0 Å². The highest BCUT2D eigenvalue weighted by Crippen LogP contribution is 2.23. The van der Waals surface area contributed by atoms with Crippen molar-refractivity contribution in [1.82, 2.24) is 9.29 Å². The van der Waals surface area contributed by atoms with Gasteiger partial charge in [0.15, 0.2) is 6.61 Å². The molecule has 0 fully saturated rings. The third kappa shape index (κ3) is 4.95. The molecule has 1 heterocycles. The Hall–Kier alpha value is -3.30. The van der Waals surface area contributed by atoms with Gasteiger partial charge in [0.1, 0.15) is 0 Å². The third-order valence-electron chi connectivity index (χ3n) is 4.88. The van der Waals surface area contributed by atoms with Gasteiger partial charge in [-0.3, -0.25) is 9.78 Å². The first-order chi connectivity index (χ1) is 15.0. The van der Waals surface area contributed by atoms with Crippen LogP contribution in [0, 0.1) is 20.8 Å². The Morgan fingerprint density at radius 2 is 1.75 bits per heavy atom. The van der Waals surface area contributed by atoms with Gasteiger partial charge < -0.3 is 10.1 Å². The monoisotopic (exact) mass is 455 g/mol. The number of ether oxygens (including phenoxy) is 1. The number of anilines is 1. The second-order valence-electron chi connectivity index (χ2n) is 7.72. The van der Waals surface area contributed by atoms with E-state index in [2.05, 4.69) is 10.3 Å². The van der Waals surface area contributed by atoms with E-state index in [1.807, 2.05) is 25.1 Å². The number of hydrogen-bond donors (Lipinski definition) is 1. The van der Waals surface area contributed by atoms with Crippen LogP contribution < -0.4 is 5.32 Å². The second kappa shape index (κ2) is 9.05. The van der Waals surface area contributed by atoms with Crippen LogP contribution >= 0.6 is 0 Å². The quantitative estimate of drug-likeness (QED) is 0.572. The molecule has 2 aromatic carbocycles. The van der Waals surface area contributed by atoms with E-state index in [-0.39, 0.29) is 10.6 Å². The number of esters is 1. The fourth-order valence-electron chi connectivity index (χ4n) is 3.20. The molecule has 0 aliphatic carbocycles. The Balaban J connectivity index is 1.74. The van der Waals surface area contributed by atoms with Gasteiger partial charge >= 0.3 is 5.97 Å². The Morgan fingerprint density at radius 3 is 2.44 bits per heavy atom. The van der Waals surface area contributed by atoms with Crippen molar-refractivity contribution in [3.63, 3.8) is 0 Å². The maximum absolute atomic E-state index is 12.7. The normalized spacial score (nSPS) is 11.6. The van der Waals surface area contributed by atoms with E-state index in [0.717, 1.165) is 9.87 Å². The SMILES string of the molecule is Cc1ccc2nc(C)cc(C(=O)OCC(=O)Nc3ccc(C)c(S(=O)(=O)N(C)C)c3)c2c1. The van der Waals surface area contributed by atoms with Crippen LogP contribution in [-0.4, -0.2) is 50.3 Å². The molecule has 0 atom stereocenters. The lowest BCUT2D eigenvalue weighted by Crippen LogP contribution is -2.24. The number of hydrogen-bond acceptors (Lipinski definition) is 6. The minimum Gasteiger partial charge on any atom is -0.452 e. The van der Waals surface area contributed by atoms with Crippen LogP contribution in [0.25, 0.3) is 10.9 Å². The van der Waals surface area contributed by atoms with Crippen LogP contribution in [0.4, 0.5) is 5.69 Å². The van der Waals surface area contributed by atoms with Crippen molar-refractivity contribution in [3.05, 3.63) is 64.8 Å². The molecule has 3 aromatic rings. The third-order valence-corrected chi connectivity index (χ3v) is 6.83. The molecule has 0 aliphatic rings. The Kier molecular flexibility index (Phi) is 6.61. The number of pyridine rings is 1. The van der Waals surface area contributed by atoms with E-state index in [9.17, 15) is 18.0 Å². The highest BCUT2D eigenvalue weighted by molar-refractivity contribution is 7.89. The zero-order chi connectivity index (χ0) is 23.6. The summed E-state index contributed by atoms with van der Waals surface area (Å²) in [6.45, 7) is 4.84. The van der Waals surface area contributed by atoms with Crippen molar-refractivity contribution in [1.29, 1.82) is 0 Å². The van der Waals surface area contributed by atoms with Crippen LogP contribution in [0.2, 0.25) is 0 Å². The first-order valence-electron chi connectivity index (χ1n) is 9.87. The van der Waals surface area contributed by atoms with Crippen LogP contribution in [0.3, 0.4) is 0 Å². The summed E-state index contributed by atoms with van der Waals surface area (Å²) in [5.74, 6) is -1.22. The molecule has 1 aromatic heterocycles. The number of nitrogens with zero attached hydrogens (tertiary/aromatic N) is 2. The molecule has 1 amide bonds. The molecule has 3 rings (SSSR count). The molecule has 0 spiro atoms. The summed E-state index contributed by atoms with van der Waals surface area (Å²) in [4.78, 5) is 29.5. The molecule has 1 N–H and O–H groups in total. The van der Waals surface area contributed by atoms with Crippen molar-refractivity contribution < 1.29 is 22.7 Å². The first-order valence-corrected chi connectivity index (χ1v) is 11.3. The van der Waals surface area contributed by atoms with Gasteiger partial charge in [-0.2, -0.15) is 0 Å². The summed E-state index contributed by atoms with van der Waals surface area (Å²) in [7, 11) is -0.793. The van der Waals surface area contributed by atoms with E-state index in [0.29, 0.717) is 27.7 Å². The lowest BCUT2D eigenvalue weighted by molar-refractivity contribution is -0.119. The highest BCUT2D eigenvalue weighted by Gasteiger charge is 2.21. The number of rotatable bonds is 6. The number of benzene rings is 2. The van der Waals surface area contributed by atoms with Crippen LogP contribution in [0.5, 0.6) is 0 Å². The first kappa shape index (κ1) is 23.4. The predicted octanol–water partition coefficient (Wildman–Crippen LogP) is 3.21. The number of sulfonamides is 1. The summed E-state index contributed by atoms with van der Waals surface area (Å²) in [5, 5.41) is 3.22. The Bertz CT molecular complexity index is 1320. The number of aryl methyl sites for hydroxylation is 3. The fraction of sp³-hybridized carbons (Fsp3) is 0.261. The molecule has 8 nitrogen and oxygen atoms in total. The molecular weight excluding hydrogens is 430 g/mol. The highest BCUT2D eigenvalue weighted by atomic mass is 32.2. The van der Waals surface area contributed by atoms with E-state index < -0.39 is 28.5 Å². The number of nitrogens with one attached hydrogen (secondary N) is 1. The van der Waals surface area contributed by atoms with E-state index in [1.165, 1.54) is 20.2 Å². The fourth-order valence-corrected chi connectivity index (χ4v) is 4.34. The van der Waals surface area contributed by atoms with Crippen LogP contribution in [0.15, 0.2) is 47.4 Å². The largest absolute Gasteiger partial charge is 0.452 e. The summed E-state index contributed by atoms with van der Waals surface area (Å²) < 4.78 is 31.2. The maximum Gasteiger partial charge on any atom is 0.339 e. The molecule has 0 bridgehead atoms. The molecule has 0 saturated carbocycles. The van der Waals surface area contributed by atoms with E-state index in [4.69, 9.17) is 4.74 Å². The summed E-state index contributed by atoms with van der Waals surface area (Å²) >= 11 is 0. The standard InChI is InChI=1S/C23H25N3O5S/c1-14-6-9-20-18(10-14)19(11-16(3)24-20)23(28)31-13-22(27)25-17-8-7-15(2)21(12-17)32(29,30)26(4)5/h6-12H,13H2,1-5H3,(H,25,27). The molecule has 0 radical (unpaired) electrons. The number of carbonyl (C=O) groups is 2. The molecule has 0 aliphatic heterocycles. The van der Waals surface area contributed by atoms with Crippen molar-refractivity contribution >= 4 is 38.5 Å². The minimum absolute atomic E-state index is 0.0893. The van der Waals surface area contributed by atoms with Crippen molar-refractivity contribution in [2.45, 2.75) is 25.7 Å². The Morgan fingerprint density at radius 1 is 1.03 bits per heavy atom. The lowest BCUT2D eigenvalue weighted by Gasteiger charge is -2.15. The van der Waals surface area contributed by atoms with Crippen LogP contribution in [-0.2, 0) is 19.6 Å². The van der Waals surface area contributed by atoms with E-state index in [1.54, 1.807) is 32.0 Å². The zero-order valence-electron chi connectivity index (χ0n) is 18.6. The van der Waals surface area contributed by atoms with Gasteiger partial charge in [-0.25, -0.2) is 17.5 Å². The average molecular weight is 456 g/mol. The molecule has 32 heavy (non-hydrogen) atoms. The molecule has 9 heteroatoms. The molecule has 0 unspecified atom stereocenters. The zero-order valence-corrected chi connectivity index (χ0v) is 19.4. The van der Waals surface area contributed by atoms with Gasteiger partial charge in [0.05, 0.1) is 16.0 Å². The molecule has 0 saturated heterocycles. The number of carbonyl (C=O) groups excluding carboxylic acids is 2. The number of fused-ring (bicyclic) bond motifs is 1. The van der Waals surface area contributed by atoms with E-state index >= 15 is 0 Å². The van der Waals surface area contributed by atoms with Gasteiger partial charge in [0.2, 0.25) is 10.0 Å². The van der Waals surface area contributed by atoms with Gasteiger partial charge in [0.25, 0.3) is 5.91 Å². The summed E-state index contributed by atoms with van der Waals surface area (Å²) in [6, 6.07) is 11.8. The minimum atomic E-state index is -3.67. The van der Waals surface area contributed by atoms with Crippen molar-refractivity contribution in [3.8, 4) is 0 Å². The molecule has 168 valence electrons. The van der Waals surface area contributed by atoms with Crippen LogP contribution in [0.1, 0.15) is 27.2 Å². The Labute approximate surface area is 187 Å². The lowest BCUT2D eigenvalue weighted by atomic mass is 10.1. The van der Waals surface area contributed by atoms with Gasteiger partial charge in [-0.05, 0) is 56.7 Å². The van der Waals surface area contributed by atoms with Gasteiger partial charge in [-0.15, -0.1) is 0 Å². The summed E-state index contributed by atoms with van der Waals surface area (Å²) in [5.41, 5.74) is 3.47. The summed E-state index contributed by atoms with van der Waals surface area (Å²) in [6.07, 6.45) is 0.